The molecule has 0 heterocycles. The molecule has 0 atom stereocenters. The number of phenols is 1. The van der Waals surface area contributed by atoms with E-state index in [-0.39, 0.29) is 15.8 Å². The van der Waals surface area contributed by atoms with E-state index < -0.39 is 11.8 Å². The van der Waals surface area contributed by atoms with E-state index in [9.17, 15) is 9.18 Å². The zero-order chi connectivity index (χ0) is 10.0. The second-order valence-corrected chi connectivity index (χ2v) is 3.07. The van der Waals surface area contributed by atoms with Crippen LogP contribution in [0.3, 0.4) is 0 Å². The maximum atomic E-state index is 12.9. The molecule has 0 fully saturated rings. The van der Waals surface area contributed by atoms with Crippen LogP contribution in [0.15, 0.2) is 16.6 Å². The van der Waals surface area contributed by atoms with E-state index in [4.69, 9.17) is 5.11 Å². The zero-order valence-electron chi connectivity index (χ0n) is 6.67. The van der Waals surface area contributed by atoms with Crippen molar-refractivity contribution in [3.63, 3.8) is 0 Å². The molecule has 0 aliphatic heterocycles. The second kappa shape index (κ2) is 3.74. The number of benzene rings is 1. The minimum Gasteiger partial charge on any atom is -0.508 e. The lowest BCUT2D eigenvalue weighted by Gasteiger charge is -2.03. The van der Waals surface area contributed by atoms with Gasteiger partial charge in [0.05, 0.1) is 17.1 Å². The standard InChI is InChI=1S/C8H6BrFO3/c1-13-8(12)5-2-4(11)3-6(10)7(5)9/h2-3,11H,1H3. The minimum atomic E-state index is -0.708. The largest absolute Gasteiger partial charge is 0.508 e. The Morgan fingerprint density at radius 1 is 1.62 bits per heavy atom. The van der Waals surface area contributed by atoms with Gasteiger partial charge in [-0.15, -0.1) is 0 Å². The zero-order valence-corrected chi connectivity index (χ0v) is 8.26. The smallest absolute Gasteiger partial charge is 0.339 e. The molecule has 13 heavy (non-hydrogen) atoms. The lowest BCUT2D eigenvalue weighted by molar-refractivity contribution is 0.0598. The fourth-order valence-electron chi connectivity index (χ4n) is 0.833. The molecular formula is C8H6BrFO3. The number of rotatable bonds is 1. The molecule has 0 aliphatic carbocycles. The maximum Gasteiger partial charge on any atom is 0.339 e. The molecule has 0 aliphatic rings. The van der Waals surface area contributed by atoms with Gasteiger partial charge in [0, 0.05) is 6.07 Å². The third-order valence-electron chi connectivity index (χ3n) is 1.42. The van der Waals surface area contributed by atoms with Gasteiger partial charge in [0.15, 0.2) is 0 Å². The number of hydrogen-bond acceptors (Lipinski definition) is 3. The number of phenolic OH excluding ortho intramolecular Hbond substituents is 1. The van der Waals surface area contributed by atoms with E-state index in [2.05, 4.69) is 20.7 Å². The number of halogens is 2. The van der Waals surface area contributed by atoms with Crippen molar-refractivity contribution in [3.8, 4) is 5.75 Å². The van der Waals surface area contributed by atoms with Gasteiger partial charge in [-0.05, 0) is 22.0 Å². The van der Waals surface area contributed by atoms with Gasteiger partial charge in [0.2, 0.25) is 0 Å². The summed E-state index contributed by atoms with van der Waals surface area (Å²) in [6.07, 6.45) is 0. The molecule has 0 saturated carbocycles. The first-order chi connectivity index (χ1) is 6.06. The monoisotopic (exact) mass is 248 g/mol. The van der Waals surface area contributed by atoms with Crippen LogP contribution in [0.2, 0.25) is 0 Å². The van der Waals surface area contributed by atoms with E-state index in [1.807, 2.05) is 0 Å². The van der Waals surface area contributed by atoms with E-state index in [0.717, 1.165) is 12.1 Å². The summed E-state index contributed by atoms with van der Waals surface area (Å²) in [5.74, 6) is -1.73. The summed E-state index contributed by atoms with van der Waals surface area (Å²) in [5.41, 5.74) is -0.0417. The highest BCUT2D eigenvalue weighted by molar-refractivity contribution is 9.10. The van der Waals surface area contributed by atoms with Crippen molar-refractivity contribution in [2.24, 2.45) is 0 Å². The molecule has 0 saturated heterocycles. The first-order valence-corrected chi connectivity index (χ1v) is 4.12. The van der Waals surface area contributed by atoms with Crippen molar-refractivity contribution in [1.29, 1.82) is 0 Å². The second-order valence-electron chi connectivity index (χ2n) is 2.28. The van der Waals surface area contributed by atoms with Crippen LogP contribution in [0.1, 0.15) is 10.4 Å². The Morgan fingerprint density at radius 3 is 2.77 bits per heavy atom. The van der Waals surface area contributed by atoms with Gasteiger partial charge in [-0.2, -0.15) is 0 Å². The Bertz CT molecular complexity index is 351. The van der Waals surface area contributed by atoms with Crippen molar-refractivity contribution >= 4 is 21.9 Å². The lowest BCUT2D eigenvalue weighted by Crippen LogP contribution is -2.03. The van der Waals surface area contributed by atoms with Gasteiger partial charge in [-0.1, -0.05) is 0 Å². The third-order valence-corrected chi connectivity index (χ3v) is 2.22. The Balaban J connectivity index is 3.28. The molecule has 1 rings (SSSR count). The van der Waals surface area contributed by atoms with Crippen LogP contribution < -0.4 is 0 Å². The van der Waals surface area contributed by atoms with E-state index >= 15 is 0 Å². The van der Waals surface area contributed by atoms with Crippen molar-refractivity contribution < 1.29 is 19.0 Å². The summed E-state index contributed by atoms with van der Waals surface area (Å²) >= 11 is 2.87. The Morgan fingerprint density at radius 2 is 2.23 bits per heavy atom. The van der Waals surface area contributed by atoms with Crippen molar-refractivity contribution in [2.75, 3.05) is 7.11 Å². The summed E-state index contributed by atoms with van der Waals surface area (Å²) < 4.78 is 17.3. The molecule has 70 valence electrons. The Hall–Kier alpha value is -1.10. The first-order valence-electron chi connectivity index (χ1n) is 3.32. The molecule has 5 heteroatoms. The van der Waals surface area contributed by atoms with Crippen LogP contribution >= 0.6 is 15.9 Å². The number of methoxy groups -OCH3 is 1. The topological polar surface area (TPSA) is 46.5 Å². The first kappa shape index (κ1) is 9.98. The van der Waals surface area contributed by atoms with Crippen LogP contribution in [0.25, 0.3) is 0 Å². The number of carbonyl (C=O) groups is 1. The lowest BCUT2D eigenvalue weighted by atomic mass is 10.2. The molecule has 1 aromatic carbocycles. The molecule has 0 bridgehead atoms. The average molecular weight is 249 g/mol. The highest BCUT2D eigenvalue weighted by Crippen LogP contribution is 2.26. The fraction of sp³-hybridized carbons (Fsp3) is 0.125. The molecule has 1 aromatic rings. The van der Waals surface area contributed by atoms with Gasteiger partial charge in [0.1, 0.15) is 11.6 Å². The van der Waals surface area contributed by atoms with Gasteiger partial charge < -0.3 is 9.84 Å². The summed E-state index contributed by atoms with van der Waals surface area (Å²) in [4.78, 5) is 11.0. The molecule has 0 unspecified atom stereocenters. The summed E-state index contributed by atoms with van der Waals surface area (Å²) in [7, 11) is 1.18. The number of esters is 1. The molecule has 0 radical (unpaired) electrons. The van der Waals surface area contributed by atoms with E-state index in [1.165, 1.54) is 7.11 Å². The van der Waals surface area contributed by atoms with Crippen molar-refractivity contribution in [1.82, 2.24) is 0 Å². The van der Waals surface area contributed by atoms with E-state index in [0.29, 0.717) is 0 Å². The molecule has 1 N–H and O–H groups in total. The molecular weight excluding hydrogens is 243 g/mol. The highest BCUT2D eigenvalue weighted by atomic mass is 79.9. The Kier molecular flexibility index (Phi) is 2.87. The summed E-state index contributed by atoms with van der Waals surface area (Å²) in [5, 5.41) is 8.99. The normalized spacial score (nSPS) is 9.77. The SMILES string of the molecule is COC(=O)c1cc(O)cc(F)c1Br. The van der Waals surface area contributed by atoms with Crippen LogP contribution in [-0.2, 0) is 4.74 Å². The Labute approximate surface area is 82.3 Å². The molecule has 3 nitrogen and oxygen atoms in total. The van der Waals surface area contributed by atoms with Gasteiger partial charge in [-0.3, -0.25) is 0 Å². The maximum absolute atomic E-state index is 12.9. The van der Waals surface area contributed by atoms with Crippen LogP contribution in [0.5, 0.6) is 5.75 Å². The highest BCUT2D eigenvalue weighted by Gasteiger charge is 2.15. The van der Waals surface area contributed by atoms with Crippen LogP contribution in [-0.4, -0.2) is 18.2 Å². The third kappa shape index (κ3) is 1.98. The summed E-state index contributed by atoms with van der Waals surface area (Å²) in [6, 6.07) is 2.02. The molecule has 0 aromatic heterocycles. The van der Waals surface area contributed by atoms with Crippen molar-refractivity contribution in [3.05, 3.63) is 28.0 Å². The summed E-state index contributed by atoms with van der Waals surface area (Å²) in [6.45, 7) is 0. The minimum absolute atomic E-state index is 0.0165. The number of hydrogen-bond donors (Lipinski definition) is 1. The quantitative estimate of drug-likeness (QED) is 0.775. The fourth-order valence-corrected chi connectivity index (χ4v) is 1.22. The van der Waals surface area contributed by atoms with Crippen LogP contribution in [0.4, 0.5) is 4.39 Å². The predicted octanol–water partition coefficient (Wildman–Crippen LogP) is 2.08. The average Bonchev–Trinajstić information content (AvgIpc) is 2.10. The van der Waals surface area contributed by atoms with Crippen LogP contribution in [0, 0.1) is 5.82 Å². The number of ether oxygens (including phenoxy) is 1. The van der Waals surface area contributed by atoms with Crippen molar-refractivity contribution in [2.45, 2.75) is 0 Å². The van der Waals surface area contributed by atoms with Gasteiger partial charge in [-0.25, -0.2) is 9.18 Å². The molecule has 0 spiro atoms. The number of carbonyl (C=O) groups excluding carboxylic acids is 1. The predicted molar refractivity (Wildman–Crippen MR) is 47.1 cm³/mol. The molecule has 0 amide bonds. The number of aromatic hydroxyl groups is 1. The van der Waals surface area contributed by atoms with Gasteiger partial charge in [0.25, 0.3) is 0 Å². The van der Waals surface area contributed by atoms with Gasteiger partial charge >= 0.3 is 5.97 Å². The van der Waals surface area contributed by atoms with E-state index in [1.54, 1.807) is 0 Å².